The summed E-state index contributed by atoms with van der Waals surface area (Å²) in [6.45, 7) is 7.91. The molecule has 0 aliphatic heterocycles. The minimum absolute atomic E-state index is 0.0753. The van der Waals surface area contributed by atoms with E-state index < -0.39 is 18.4 Å². The quantitative estimate of drug-likeness (QED) is 0.216. The predicted molar refractivity (Wildman–Crippen MR) is 117 cm³/mol. The van der Waals surface area contributed by atoms with Gasteiger partial charge in [-0.2, -0.15) is 0 Å². The Morgan fingerprint density at radius 3 is 1.73 bits per heavy atom. The van der Waals surface area contributed by atoms with Crippen LogP contribution in [0.25, 0.3) is 0 Å². The third kappa shape index (κ3) is 8.73. The summed E-state index contributed by atoms with van der Waals surface area (Å²) in [4.78, 5) is 0. The fourth-order valence-corrected chi connectivity index (χ4v) is 20.5. The van der Waals surface area contributed by atoms with Gasteiger partial charge in [-0.3, -0.25) is 0 Å². The number of hydrogen-bond donors (Lipinski definition) is 0. The minimum atomic E-state index is -2.24. The summed E-state index contributed by atoms with van der Waals surface area (Å²) in [5.74, 6) is -0.0753. The van der Waals surface area contributed by atoms with E-state index in [9.17, 15) is 4.39 Å². The Hall–Kier alpha value is -0.0913. The van der Waals surface area contributed by atoms with Crippen molar-refractivity contribution in [2.45, 2.75) is 83.6 Å². The van der Waals surface area contributed by atoms with Crippen LogP contribution in [-0.4, -0.2) is 44.0 Å². The molecule has 0 aromatic heterocycles. The maximum atomic E-state index is 14.0. The fourth-order valence-electron chi connectivity index (χ4n) is 4.12. The van der Waals surface area contributed by atoms with Gasteiger partial charge >= 0.3 is 167 Å². The summed E-state index contributed by atoms with van der Waals surface area (Å²) in [6, 6.07) is 5.63. The molecule has 3 heteroatoms. The van der Waals surface area contributed by atoms with E-state index in [2.05, 4.69) is 48.0 Å². The third-order valence-electron chi connectivity index (χ3n) is 5.56. The van der Waals surface area contributed by atoms with Crippen molar-refractivity contribution in [3.63, 3.8) is 0 Å². The molecule has 0 atom stereocenters. The Labute approximate surface area is 166 Å². The van der Waals surface area contributed by atoms with E-state index in [0.717, 1.165) is 11.0 Å². The van der Waals surface area contributed by atoms with Crippen LogP contribution in [0.3, 0.4) is 0 Å². The van der Waals surface area contributed by atoms with Crippen molar-refractivity contribution < 1.29 is 8.87 Å². The van der Waals surface area contributed by atoms with Crippen molar-refractivity contribution in [3.8, 4) is 0 Å². The van der Waals surface area contributed by atoms with Crippen molar-refractivity contribution in [2.24, 2.45) is 0 Å². The second-order valence-corrected chi connectivity index (χ2v) is 23.2. The zero-order valence-electron chi connectivity index (χ0n) is 18.3. The number of hydrogen-bond acceptors (Lipinski definition) is 0. The van der Waals surface area contributed by atoms with Crippen LogP contribution in [0.1, 0.15) is 70.4 Å². The summed E-state index contributed by atoms with van der Waals surface area (Å²) in [7, 11) is 6.61. The van der Waals surface area contributed by atoms with E-state index in [0.29, 0.717) is 0 Å². The van der Waals surface area contributed by atoms with Gasteiger partial charge in [-0.15, -0.1) is 0 Å². The van der Waals surface area contributed by atoms with Gasteiger partial charge in [0.1, 0.15) is 0 Å². The van der Waals surface area contributed by atoms with E-state index in [1.807, 2.05) is 6.07 Å². The van der Waals surface area contributed by atoms with Gasteiger partial charge < -0.3 is 0 Å². The van der Waals surface area contributed by atoms with Gasteiger partial charge in [0.05, 0.1) is 0 Å². The Kier molecular flexibility index (Phi) is 10.8. The van der Waals surface area contributed by atoms with E-state index in [4.69, 9.17) is 0 Å². The van der Waals surface area contributed by atoms with Crippen LogP contribution in [0.15, 0.2) is 18.2 Å². The monoisotopic (exact) mass is 472 g/mol. The van der Waals surface area contributed by atoms with Gasteiger partial charge in [0.25, 0.3) is 0 Å². The van der Waals surface area contributed by atoms with Gasteiger partial charge in [-0.05, 0) is 0 Å². The average molecular weight is 471 g/mol. The first kappa shape index (κ1) is 23.9. The molecule has 1 nitrogen and oxygen atoms in total. The first-order chi connectivity index (χ1) is 12.2. The maximum absolute atomic E-state index is 14.0. The molecule has 0 radical (unpaired) electrons. The molecule has 0 bridgehead atoms. The molecule has 0 spiro atoms. The molecule has 26 heavy (non-hydrogen) atoms. The van der Waals surface area contributed by atoms with Crippen LogP contribution in [0.4, 0.5) is 4.39 Å². The van der Waals surface area contributed by atoms with E-state index >= 15 is 0 Å². The first-order valence-corrected chi connectivity index (χ1v) is 18.9. The third-order valence-corrected chi connectivity index (χ3v) is 20.9. The van der Waals surface area contributed by atoms with Crippen LogP contribution in [0, 0.1) is 5.82 Å². The van der Waals surface area contributed by atoms with Crippen molar-refractivity contribution in [1.82, 2.24) is 0 Å². The fraction of sp³-hybridized carbons (Fsp3) is 0.739. The summed E-state index contributed by atoms with van der Waals surface area (Å²) >= 11 is -2.24. The molecule has 1 rings (SSSR count). The topological polar surface area (TPSA) is 0 Å². The zero-order valence-corrected chi connectivity index (χ0v) is 21.2. The van der Waals surface area contributed by atoms with Crippen LogP contribution < -0.4 is 0 Å². The molecule has 0 aliphatic rings. The van der Waals surface area contributed by atoms with Gasteiger partial charge in [-0.1, -0.05) is 0 Å². The number of quaternary nitrogens is 1. The van der Waals surface area contributed by atoms with Gasteiger partial charge in [0, 0.05) is 0 Å². The SMILES string of the molecule is CCC[CH2][Sn]([CH2]CCC)([CH2]CCC)[CH2]c1ccc(F)cc1C[N+](C)(C)C. The number of unbranched alkanes of at least 4 members (excludes halogenated alkanes) is 3. The Morgan fingerprint density at radius 1 is 0.808 bits per heavy atom. The van der Waals surface area contributed by atoms with Crippen LogP contribution in [0.2, 0.25) is 13.3 Å². The molecule has 0 N–H and O–H groups in total. The van der Waals surface area contributed by atoms with Crippen molar-refractivity contribution in [3.05, 3.63) is 35.1 Å². The molecule has 0 aliphatic carbocycles. The second-order valence-electron chi connectivity index (χ2n) is 9.35. The number of nitrogens with zero attached hydrogens (tertiary/aromatic N) is 1. The summed E-state index contributed by atoms with van der Waals surface area (Å²) in [6.07, 6.45) is 8.13. The van der Waals surface area contributed by atoms with Crippen LogP contribution in [-0.2, 0) is 11.0 Å². The van der Waals surface area contributed by atoms with Crippen LogP contribution >= 0.6 is 0 Å². The molecule has 0 saturated heterocycles. The summed E-state index contributed by atoms with van der Waals surface area (Å²) in [5, 5.41) is 0. The molecular weight excluding hydrogens is 428 g/mol. The first-order valence-electron chi connectivity index (χ1n) is 10.8. The van der Waals surface area contributed by atoms with Gasteiger partial charge in [0.15, 0.2) is 0 Å². The zero-order chi connectivity index (χ0) is 19.6. The van der Waals surface area contributed by atoms with Crippen molar-refractivity contribution in [2.75, 3.05) is 21.1 Å². The Morgan fingerprint density at radius 2 is 1.31 bits per heavy atom. The molecule has 0 unspecified atom stereocenters. The van der Waals surface area contributed by atoms with E-state index in [1.54, 1.807) is 6.07 Å². The number of benzene rings is 1. The van der Waals surface area contributed by atoms with E-state index in [1.165, 1.54) is 67.4 Å². The van der Waals surface area contributed by atoms with E-state index in [-0.39, 0.29) is 5.82 Å². The predicted octanol–water partition coefficient (Wildman–Crippen LogP) is 6.96. The van der Waals surface area contributed by atoms with Gasteiger partial charge in [-0.25, -0.2) is 0 Å². The molecule has 0 fully saturated rings. The van der Waals surface area contributed by atoms with Gasteiger partial charge in [0.2, 0.25) is 0 Å². The molecule has 150 valence electrons. The molecule has 1 aromatic carbocycles. The normalized spacial score (nSPS) is 12.6. The second kappa shape index (κ2) is 11.7. The van der Waals surface area contributed by atoms with Crippen molar-refractivity contribution >= 4 is 18.4 Å². The number of halogens is 1. The molecule has 0 saturated carbocycles. The number of rotatable bonds is 13. The Bertz CT molecular complexity index is 500. The summed E-state index contributed by atoms with van der Waals surface area (Å²) < 4.78 is 20.7. The van der Waals surface area contributed by atoms with Crippen molar-refractivity contribution in [1.29, 1.82) is 0 Å². The average Bonchev–Trinajstić information content (AvgIpc) is 2.57. The molecule has 1 aromatic rings. The van der Waals surface area contributed by atoms with Crippen LogP contribution in [0.5, 0.6) is 0 Å². The molecule has 0 heterocycles. The summed E-state index contributed by atoms with van der Waals surface area (Å²) in [5.41, 5.74) is 2.72. The molecule has 0 amide bonds. The standard InChI is InChI=1S/C11H16FN.3C4H9.Sn/c1-9-5-6-11(12)7-10(9)8-13(2,3)4;3*1-3-4-2;/h5-7H,1,8H2,2-4H3;3*1,3-4H2,2H3;/q+1;;;;. The molecular formula is C23H43FNSn+. The Balaban J connectivity index is 3.17.